The van der Waals surface area contributed by atoms with E-state index in [2.05, 4.69) is 10.3 Å². The van der Waals surface area contributed by atoms with E-state index in [9.17, 15) is 9.59 Å². The van der Waals surface area contributed by atoms with Crippen molar-refractivity contribution >= 4 is 63.4 Å². The number of carbonyl (C=O) groups is 2. The maximum atomic E-state index is 14.3. The summed E-state index contributed by atoms with van der Waals surface area (Å²) >= 11 is 13.8. The number of hydrogen-bond acceptors (Lipinski definition) is 6. The van der Waals surface area contributed by atoms with Gasteiger partial charge in [0.25, 0.3) is 0 Å². The van der Waals surface area contributed by atoms with Gasteiger partial charge in [-0.05, 0) is 48.5 Å². The lowest BCUT2D eigenvalue weighted by Gasteiger charge is -2.36. The number of hydrogen-bond donors (Lipinski definition) is 2. The second-order valence-corrected chi connectivity index (χ2v) is 11.8. The second kappa shape index (κ2) is 12.2. The summed E-state index contributed by atoms with van der Waals surface area (Å²) in [5.74, 6) is 0.503. The van der Waals surface area contributed by atoms with Crippen LogP contribution in [0.15, 0.2) is 71.8 Å². The second-order valence-electron chi connectivity index (χ2n) is 9.51. The van der Waals surface area contributed by atoms with Gasteiger partial charge in [0.2, 0.25) is 11.8 Å². The van der Waals surface area contributed by atoms with Crippen LogP contribution in [0, 0.1) is 0 Å². The normalized spacial score (nSPS) is 18.6. The van der Waals surface area contributed by atoms with Crippen LogP contribution in [0.1, 0.15) is 18.0 Å². The Kier molecular flexibility index (Phi) is 8.70. The van der Waals surface area contributed by atoms with Crippen molar-refractivity contribution in [3.8, 4) is 11.5 Å². The van der Waals surface area contributed by atoms with E-state index in [1.807, 2.05) is 30.5 Å². The molecule has 0 saturated carbocycles. The smallest absolute Gasteiger partial charge is 0.239 e. The summed E-state index contributed by atoms with van der Waals surface area (Å²) in [7, 11) is 4.67. The summed E-state index contributed by atoms with van der Waals surface area (Å²) in [6.45, 7) is 0.613. The van der Waals surface area contributed by atoms with Gasteiger partial charge in [-0.2, -0.15) is 0 Å². The number of aromatic nitrogens is 1. The van der Waals surface area contributed by atoms with E-state index in [0.29, 0.717) is 33.8 Å². The maximum absolute atomic E-state index is 14.3. The number of nitrogens with one attached hydrogen (secondary N) is 2. The zero-order valence-electron chi connectivity index (χ0n) is 22.7. The third-order valence-corrected chi connectivity index (χ3v) is 9.00. The van der Waals surface area contributed by atoms with Crippen LogP contribution in [-0.4, -0.2) is 56.0 Å². The van der Waals surface area contributed by atoms with E-state index in [0.717, 1.165) is 21.4 Å². The van der Waals surface area contributed by atoms with Gasteiger partial charge < -0.3 is 24.5 Å². The number of nitrogens with zero attached hydrogens (tertiary/aromatic N) is 1. The summed E-state index contributed by atoms with van der Waals surface area (Å²) in [4.78, 5) is 34.2. The van der Waals surface area contributed by atoms with Crippen molar-refractivity contribution in [2.45, 2.75) is 22.1 Å². The number of ether oxygens (including phenoxy) is 3. The van der Waals surface area contributed by atoms with Gasteiger partial charge in [0.15, 0.2) is 0 Å². The number of thioether (sulfide) groups is 1. The molecule has 1 aliphatic heterocycles. The molecule has 1 saturated heterocycles. The highest BCUT2D eigenvalue weighted by Crippen LogP contribution is 2.56. The monoisotopic (exact) mass is 613 g/mol. The number of benzene rings is 3. The molecule has 2 heterocycles. The maximum Gasteiger partial charge on any atom is 0.239 e. The van der Waals surface area contributed by atoms with Gasteiger partial charge in [0, 0.05) is 57.3 Å². The fourth-order valence-electron chi connectivity index (χ4n) is 5.23. The first-order valence-corrected chi connectivity index (χ1v) is 14.4. The third kappa shape index (κ3) is 5.59. The molecule has 0 bridgehead atoms. The minimum absolute atomic E-state index is 0.0702. The van der Waals surface area contributed by atoms with Gasteiger partial charge in [-0.25, -0.2) is 0 Å². The van der Waals surface area contributed by atoms with Gasteiger partial charge in [-0.15, -0.1) is 11.8 Å². The summed E-state index contributed by atoms with van der Waals surface area (Å²) < 4.78 is 15.0. The molecule has 2 atom stereocenters. The Morgan fingerprint density at radius 1 is 1.05 bits per heavy atom. The molecule has 5 rings (SSSR count). The van der Waals surface area contributed by atoms with Crippen LogP contribution in [0.3, 0.4) is 0 Å². The van der Waals surface area contributed by atoms with Gasteiger partial charge in [0.05, 0.1) is 39.0 Å². The number of halogens is 2. The molecule has 41 heavy (non-hydrogen) atoms. The molecular weight excluding hydrogens is 585 g/mol. The third-order valence-electron chi connectivity index (χ3n) is 7.09. The fraction of sp³-hybridized carbons (Fsp3) is 0.267. The first kappa shape index (κ1) is 29.1. The molecule has 214 valence electrons. The number of methoxy groups -OCH3 is 3. The van der Waals surface area contributed by atoms with Crippen LogP contribution >= 0.6 is 35.0 Å². The zero-order valence-corrected chi connectivity index (χ0v) is 25.0. The molecule has 0 radical (unpaired) electrons. The highest BCUT2D eigenvalue weighted by Gasteiger charge is 2.59. The molecule has 1 aliphatic rings. The van der Waals surface area contributed by atoms with Gasteiger partial charge >= 0.3 is 0 Å². The van der Waals surface area contributed by atoms with Crippen LogP contribution in [0.2, 0.25) is 10.0 Å². The van der Waals surface area contributed by atoms with E-state index in [-0.39, 0.29) is 24.8 Å². The molecule has 2 unspecified atom stereocenters. The van der Waals surface area contributed by atoms with Gasteiger partial charge in [0.1, 0.15) is 16.2 Å². The molecule has 0 aliphatic carbocycles. The molecule has 1 fully saturated rings. The van der Waals surface area contributed by atoms with Crippen molar-refractivity contribution in [1.82, 2.24) is 10.3 Å². The summed E-state index contributed by atoms with van der Waals surface area (Å²) in [5.41, 5.74) is 2.08. The van der Waals surface area contributed by atoms with Gasteiger partial charge in [-0.1, -0.05) is 29.3 Å². The quantitative estimate of drug-likeness (QED) is 0.205. The minimum atomic E-state index is -1.28. The fourth-order valence-corrected chi connectivity index (χ4v) is 6.92. The summed E-state index contributed by atoms with van der Waals surface area (Å²) in [5, 5.41) is 5.00. The van der Waals surface area contributed by atoms with E-state index in [1.54, 1.807) is 55.5 Å². The Hall–Kier alpha value is -3.37. The zero-order chi connectivity index (χ0) is 29.1. The highest BCUT2D eigenvalue weighted by atomic mass is 35.5. The van der Waals surface area contributed by atoms with Crippen LogP contribution in [0.5, 0.6) is 11.5 Å². The van der Waals surface area contributed by atoms with E-state index < -0.39 is 10.8 Å². The van der Waals surface area contributed by atoms with Crippen molar-refractivity contribution < 1.29 is 23.8 Å². The molecule has 4 aromatic rings. The lowest BCUT2D eigenvalue weighted by molar-refractivity contribution is -0.125. The molecular formula is C30H29Cl2N3O5S. The van der Waals surface area contributed by atoms with E-state index in [4.69, 9.17) is 37.4 Å². The Bertz CT molecular complexity index is 1580. The first-order valence-electron chi connectivity index (χ1n) is 12.8. The average molecular weight is 615 g/mol. The van der Waals surface area contributed by atoms with E-state index >= 15 is 0 Å². The van der Waals surface area contributed by atoms with Crippen molar-refractivity contribution in [3.63, 3.8) is 0 Å². The Morgan fingerprint density at radius 2 is 1.80 bits per heavy atom. The van der Waals surface area contributed by atoms with Crippen LogP contribution in [0.4, 0.5) is 5.69 Å². The molecule has 11 heteroatoms. The molecule has 8 nitrogen and oxygen atoms in total. The number of rotatable bonds is 10. The lowest BCUT2D eigenvalue weighted by atomic mass is 9.91. The summed E-state index contributed by atoms with van der Waals surface area (Å²) in [6, 6.07) is 17.3. The lowest BCUT2D eigenvalue weighted by Crippen LogP contribution is -2.49. The van der Waals surface area contributed by atoms with Crippen molar-refractivity contribution in [2.24, 2.45) is 0 Å². The number of anilines is 1. The van der Waals surface area contributed by atoms with Crippen molar-refractivity contribution in [2.75, 3.05) is 39.4 Å². The summed E-state index contributed by atoms with van der Waals surface area (Å²) in [6.07, 6.45) is 1.77. The van der Waals surface area contributed by atoms with Crippen LogP contribution in [0.25, 0.3) is 10.9 Å². The average Bonchev–Trinajstić information content (AvgIpc) is 3.51. The standard InChI is InChI=1S/C30H29Cl2N3O5S/c1-38-13-12-33-29(37)30(41-21-8-4-18(31)5-9-21)16-27(36)35(25-11-7-20(39-2)15-26(25)40-3)28(30)23-17-34-24-14-19(32)6-10-22(23)24/h4-11,14-15,17,28,34H,12-13,16H2,1-3H3,(H,33,37). The van der Waals surface area contributed by atoms with Gasteiger partial charge in [-0.3, -0.25) is 14.5 Å². The SMILES string of the molecule is COCCNC(=O)C1(Sc2ccc(Cl)cc2)CC(=O)N(c2ccc(OC)cc2OC)C1c1c[nH]c2cc(Cl)ccc12. The topological polar surface area (TPSA) is 92.9 Å². The Balaban J connectivity index is 1.75. The van der Waals surface area contributed by atoms with Crippen LogP contribution in [-0.2, 0) is 14.3 Å². The van der Waals surface area contributed by atoms with Crippen molar-refractivity contribution in [3.05, 3.63) is 82.5 Å². The molecule has 1 aromatic heterocycles. The van der Waals surface area contributed by atoms with Crippen LogP contribution < -0.4 is 19.7 Å². The van der Waals surface area contributed by atoms with Crippen molar-refractivity contribution in [1.29, 1.82) is 0 Å². The predicted molar refractivity (Wildman–Crippen MR) is 163 cm³/mol. The molecule has 0 spiro atoms. The molecule has 3 aromatic carbocycles. The Morgan fingerprint density at radius 3 is 2.51 bits per heavy atom. The number of carbonyl (C=O) groups excluding carboxylic acids is 2. The number of fused-ring (bicyclic) bond motifs is 1. The number of H-pyrrole nitrogens is 1. The Labute approximate surface area is 252 Å². The molecule has 2 amide bonds. The molecule has 2 N–H and O–H groups in total. The highest BCUT2D eigenvalue weighted by molar-refractivity contribution is 8.01. The van der Waals surface area contributed by atoms with E-state index in [1.165, 1.54) is 18.9 Å². The largest absolute Gasteiger partial charge is 0.497 e. The predicted octanol–water partition coefficient (Wildman–Crippen LogP) is 6.26. The number of aromatic amines is 1. The number of amides is 2. The first-order chi connectivity index (χ1) is 19.8. The minimum Gasteiger partial charge on any atom is -0.497 e.